The van der Waals surface area contributed by atoms with Gasteiger partial charge in [0.15, 0.2) is 17.3 Å². The number of nitrogens with zero attached hydrogens (tertiary/aromatic N) is 4. The number of carbonyl (C=O) groups is 2. The largest absolute Gasteiger partial charge is 0.354 e. The van der Waals surface area contributed by atoms with Crippen LogP contribution in [-0.4, -0.2) is 39.2 Å². The predicted molar refractivity (Wildman–Crippen MR) is 109 cm³/mol. The third-order valence-electron chi connectivity index (χ3n) is 4.80. The number of nitrogens with one attached hydrogen (secondary N) is 3. The Morgan fingerprint density at radius 3 is 2.60 bits per heavy atom. The highest BCUT2D eigenvalue weighted by molar-refractivity contribution is 5.99. The minimum Gasteiger partial charge on any atom is -0.354 e. The van der Waals surface area contributed by atoms with Crippen molar-refractivity contribution in [1.82, 2.24) is 25.7 Å². The highest BCUT2D eigenvalue weighted by Crippen LogP contribution is 2.32. The van der Waals surface area contributed by atoms with Gasteiger partial charge in [0.25, 0.3) is 11.8 Å². The zero-order valence-electron chi connectivity index (χ0n) is 16.8. The van der Waals surface area contributed by atoms with E-state index in [2.05, 4.69) is 36.3 Å². The van der Waals surface area contributed by atoms with Crippen molar-refractivity contribution in [3.8, 4) is 11.5 Å². The SMILES string of the molecule is CNC(=O)c1nnc(NC(=O)C2CC2)cc1Nc1cccc(-c2nc(C)no2)c1C. The first-order valence-electron chi connectivity index (χ1n) is 9.54. The fourth-order valence-electron chi connectivity index (χ4n) is 2.96. The molecule has 0 aliphatic heterocycles. The second kappa shape index (κ2) is 7.90. The number of aryl methyl sites for hydroxylation is 1. The lowest BCUT2D eigenvalue weighted by atomic mass is 10.1. The van der Waals surface area contributed by atoms with Gasteiger partial charge in [-0.15, -0.1) is 10.2 Å². The molecule has 1 saturated carbocycles. The molecule has 0 radical (unpaired) electrons. The van der Waals surface area contributed by atoms with Crippen LogP contribution in [0, 0.1) is 19.8 Å². The second-order valence-corrected chi connectivity index (χ2v) is 7.08. The number of carbonyl (C=O) groups excluding carboxylic acids is 2. The Morgan fingerprint density at radius 1 is 1.13 bits per heavy atom. The summed E-state index contributed by atoms with van der Waals surface area (Å²) in [5, 5.41) is 20.3. The number of rotatable bonds is 6. The summed E-state index contributed by atoms with van der Waals surface area (Å²) in [6.07, 6.45) is 1.75. The molecular formula is C20H21N7O3. The lowest BCUT2D eigenvalue weighted by molar-refractivity contribution is -0.117. The summed E-state index contributed by atoms with van der Waals surface area (Å²) in [7, 11) is 1.51. The Labute approximate surface area is 172 Å². The van der Waals surface area contributed by atoms with Crippen LogP contribution in [0.4, 0.5) is 17.2 Å². The van der Waals surface area contributed by atoms with E-state index in [4.69, 9.17) is 4.52 Å². The van der Waals surface area contributed by atoms with E-state index >= 15 is 0 Å². The molecule has 1 fully saturated rings. The van der Waals surface area contributed by atoms with Crippen LogP contribution in [0.3, 0.4) is 0 Å². The van der Waals surface area contributed by atoms with Gasteiger partial charge in [0.1, 0.15) is 0 Å². The summed E-state index contributed by atoms with van der Waals surface area (Å²) in [5.41, 5.74) is 2.87. The lowest BCUT2D eigenvalue weighted by Crippen LogP contribution is -2.22. The van der Waals surface area contributed by atoms with Gasteiger partial charge in [-0.3, -0.25) is 9.59 Å². The average Bonchev–Trinajstić information content (AvgIpc) is 3.50. The van der Waals surface area contributed by atoms with Crippen molar-refractivity contribution < 1.29 is 14.1 Å². The summed E-state index contributed by atoms with van der Waals surface area (Å²) < 4.78 is 5.28. The molecule has 4 rings (SSSR count). The number of hydrogen-bond acceptors (Lipinski definition) is 8. The molecule has 0 saturated heterocycles. The van der Waals surface area contributed by atoms with E-state index in [0.717, 1.165) is 29.7 Å². The fourth-order valence-corrected chi connectivity index (χ4v) is 2.96. The minimum absolute atomic E-state index is 0.0265. The lowest BCUT2D eigenvalue weighted by Gasteiger charge is -2.15. The number of anilines is 3. The first kappa shape index (κ1) is 19.5. The van der Waals surface area contributed by atoms with Crippen LogP contribution >= 0.6 is 0 Å². The zero-order chi connectivity index (χ0) is 21.3. The van der Waals surface area contributed by atoms with Crippen LogP contribution in [-0.2, 0) is 4.79 Å². The Kier molecular flexibility index (Phi) is 5.13. The number of aromatic nitrogens is 4. The summed E-state index contributed by atoms with van der Waals surface area (Å²) in [5.74, 6) is 0.769. The van der Waals surface area contributed by atoms with E-state index in [1.54, 1.807) is 13.0 Å². The molecule has 30 heavy (non-hydrogen) atoms. The Bertz CT molecular complexity index is 1120. The molecule has 0 atom stereocenters. The molecule has 10 heteroatoms. The van der Waals surface area contributed by atoms with E-state index < -0.39 is 5.91 Å². The highest BCUT2D eigenvalue weighted by atomic mass is 16.5. The average molecular weight is 407 g/mol. The van der Waals surface area contributed by atoms with E-state index in [0.29, 0.717) is 17.4 Å². The molecule has 2 amide bonds. The molecule has 1 aliphatic rings. The highest BCUT2D eigenvalue weighted by Gasteiger charge is 2.30. The maximum atomic E-state index is 12.3. The summed E-state index contributed by atoms with van der Waals surface area (Å²) in [4.78, 5) is 28.6. The van der Waals surface area contributed by atoms with Gasteiger partial charge in [-0.05, 0) is 44.4 Å². The molecule has 0 unspecified atom stereocenters. The van der Waals surface area contributed by atoms with Crippen molar-refractivity contribution >= 4 is 29.0 Å². The third kappa shape index (κ3) is 3.97. The number of amides is 2. The van der Waals surface area contributed by atoms with Crippen LogP contribution in [0.2, 0.25) is 0 Å². The Balaban J connectivity index is 1.68. The molecule has 0 spiro atoms. The van der Waals surface area contributed by atoms with Gasteiger partial charge >= 0.3 is 0 Å². The van der Waals surface area contributed by atoms with E-state index in [1.165, 1.54) is 7.05 Å². The van der Waals surface area contributed by atoms with Crippen molar-refractivity contribution in [2.45, 2.75) is 26.7 Å². The summed E-state index contributed by atoms with van der Waals surface area (Å²) in [6.45, 7) is 3.65. The smallest absolute Gasteiger partial charge is 0.273 e. The van der Waals surface area contributed by atoms with Crippen molar-refractivity contribution in [2.24, 2.45) is 5.92 Å². The molecular weight excluding hydrogens is 386 g/mol. The summed E-state index contributed by atoms with van der Waals surface area (Å²) >= 11 is 0. The van der Waals surface area contributed by atoms with E-state index in [9.17, 15) is 9.59 Å². The summed E-state index contributed by atoms with van der Waals surface area (Å²) in [6, 6.07) is 7.17. The van der Waals surface area contributed by atoms with Crippen molar-refractivity contribution in [3.05, 3.63) is 41.3 Å². The molecule has 2 aromatic heterocycles. The fraction of sp³-hybridized carbons (Fsp3) is 0.300. The quantitative estimate of drug-likeness (QED) is 0.567. The van der Waals surface area contributed by atoms with E-state index in [1.807, 2.05) is 25.1 Å². The Morgan fingerprint density at radius 2 is 1.93 bits per heavy atom. The molecule has 3 N–H and O–H groups in total. The first-order valence-corrected chi connectivity index (χ1v) is 9.54. The number of hydrogen-bond donors (Lipinski definition) is 3. The van der Waals surface area contributed by atoms with Gasteiger partial charge in [-0.1, -0.05) is 11.2 Å². The van der Waals surface area contributed by atoms with Crippen LogP contribution in [0.1, 0.15) is 34.7 Å². The van der Waals surface area contributed by atoms with Crippen LogP contribution < -0.4 is 16.0 Å². The maximum absolute atomic E-state index is 12.3. The van der Waals surface area contributed by atoms with Gasteiger partial charge in [-0.2, -0.15) is 4.98 Å². The van der Waals surface area contributed by atoms with Gasteiger partial charge in [0.2, 0.25) is 5.91 Å². The standard InChI is InChI=1S/C20H21N7O3/c1-10-13(20-22-11(2)27-30-20)5-4-6-14(10)23-15-9-16(24-18(28)12-7-8-12)25-26-17(15)19(29)21-3/h4-6,9,12H,7-8H2,1-3H3,(H,21,29)(H2,23,24,25,28). The predicted octanol–water partition coefficient (Wildman–Crippen LogP) is 2.60. The van der Waals surface area contributed by atoms with Crippen LogP contribution in [0.5, 0.6) is 0 Å². The monoisotopic (exact) mass is 407 g/mol. The molecule has 2 heterocycles. The van der Waals surface area contributed by atoms with Crippen LogP contribution in [0.25, 0.3) is 11.5 Å². The van der Waals surface area contributed by atoms with Crippen molar-refractivity contribution in [1.29, 1.82) is 0 Å². The van der Waals surface area contributed by atoms with Gasteiger partial charge < -0.3 is 20.5 Å². The molecule has 10 nitrogen and oxygen atoms in total. The minimum atomic E-state index is -0.397. The molecule has 0 bridgehead atoms. The molecule has 3 aromatic rings. The number of benzene rings is 1. The first-order chi connectivity index (χ1) is 14.5. The Hall–Kier alpha value is -3.82. The third-order valence-corrected chi connectivity index (χ3v) is 4.80. The molecule has 1 aromatic carbocycles. The van der Waals surface area contributed by atoms with Gasteiger partial charge in [-0.25, -0.2) is 0 Å². The van der Waals surface area contributed by atoms with Gasteiger partial charge in [0, 0.05) is 30.3 Å². The van der Waals surface area contributed by atoms with Crippen LogP contribution in [0.15, 0.2) is 28.8 Å². The van der Waals surface area contributed by atoms with Gasteiger partial charge in [0.05, 0.1) is 5.69 Å². The van der Waals surface area contributed by atoms with Crippen molar-refractivity contribution in [2.75, 3.05) is 17.7 Å². The molecule has 154 valence electrons. The molecule has 1 aliphatic carbocycles. The van der Waals surface area contributed by atoms with E-state index in [-0.39, 0.29) is 23.3 Å². The topological polar surface area (TPSA) is 135 Å². The normalized spacial score (nSPS) is 13.0. The second-order valence-electron chi connectivity index (χ2n) is 7.08. The maximum Gasteiger partial charge on any atom is 0.273 e. The zero-order valence-corrected chi connectivity index (χ0v) is 16.8. The van der Waals surface area contributed by atoms with Crippen molar-refractivity contribution in [3.63, 3.8) is 0 Å².